The molecule has 4 heteroatoms. The number of hydrogen-bond donors (Lipinski definition) is 2. The monoisotopic (exact) mass is 212 g/mol. The fourth-order valence-electron chi connectivity index (χ4n) is 1.27. The first-order valence-electron chi connectivity index (χ1n) is 4.36. The molecule has 1 atom stereocenters. The predicted octanol–water partition coefficient (Wildman–Crippen LogP) is 1.48. The van der Waals surface area contributed by atoms with Crippen LogP contribution in [0.25, 0.3) is 0 Å². The lowest BCUT2D eigenvalue weighted by atomic mass is 10.1. The van der Waals surface area contributed by atoms with E-state index in [-0.39, 0.29) is 11.9 Å². The summed E-state index contributed by atoms with van der Waals surface area (Å²) < 4.78 is 0. The van der Waals surface area contributed by atoms with Crippen LogP contribution in [0.3, 0.4) is 0 Å². The Kier molecular flexibility index (Phi) is 3.92. The number of rotatable bonds is 3. The lowest BCUT2D eigenvalue weighted by Crippen LogP contribution is -2.31. The van der Waals surface area contributed by atoms with E-state index in [0.29, 0.717) is 11.6 Å². The van der Waals surface area contributed by atoms with Gasteiger partial charge in [-0.15, -0.1) is 0 Å². The van der Waals surface area contributed by atoms with Gasteiger partial charge in [-0.3, -0.25) is 4.79 Å². The smallest absolute Gasteiger partial charge is 0.217 e. The van der Waals surface area contributed by atoms with Gasteiger partial charge in [-0.05, 0) is 11.6 Å². The van der Waals surface area contributed by atoms with Gasteiger partial charge in [0, 0.05) is 18.5 Å². The largest absolute Gasteiger partial charge is 0.348 e. The molecule has 0 saturated carbocycles. The van der Waals surface area contributed by atoms with Crippen molar-refractivity contribution in [2.45, 2.75) is 13.0 Å². The second kappa shape index (κ2) is 4.98. The molecule has 0 fully saturated rings. The van der Waals surface area contributed by atoms with E-state index in [1.165, 1.54) is 6.92 Å². The van der Waals surface area contributed by atoms with E-state index >= 15 is 0 Å². The maximum Gasteiger partial charge on any atom is 0.217 e. The summed E-state index contributed by atoms with van der Waals surface area (Å²) in [4.78, 5) is 10.9. The van der Waals surface area contributed by atoms with Crippen molar-refractivity contribution < 1.29 is 4.79 Å². The predicted molar refractivity (Wildman–Crippen MR) is 57.1 cm³/mol. The molecule has 0 saturated heterocycles. The highest BCUT2D eigenvalue weighted by Gasteiger charge is 2.12. The van der Waals surface area contributed by atoms with Gasteiger partial charge < -0.3 is 11.1 Å². The molecule has 0 radical (unpaired) electrons. The summed E-state index contributed by atoms with van der Waals surface area (Å²) in [5, 5.41) is 3.36. The van der Waals surface area contributed by atoms with E-state index in [1.54, 1.807) is 6.07 Å². The number of hydrogen-bond acceptors (Lipinski definition) is 2. The van der Waals surface area contributed by atoms with E-state index < -0.39 is 0 Å². The van der Waals surface area contributed by atoms with Gasteiger partial charge >= 0.3 is 0 Å². The van der Waals surface area contributed by atoms with E-state index in [2.05, 4.69) is 5.32 Å². The quantitative estimate of drug-likeness (QED) is 0.798. The van der Waals surface area contributed by atoms with Crippen molar-refractivity contribution in [2.75, 3.05) is 6.54 Å². The average molecular weight is 213 g/mol. The molecule has 1 unspecified atom stereocenters. The van der Waals surface area contributed by atoms with Gasteiger partial charge in [0.15, 0.2) is 0 Å². The zero-order chi connectivity index (χ0) is 10.6. The zero-order valence-electron chi connectivity index (χ0n) is 7.96. The first-order valence-corrected chi connectivity index (χ1v) is 4.74. The highest BCUT2D eigenvalue weighted by molar-refractivity contribution is 6.31. The number of halogens is 1. The SMILES string of the molecule is CC(=O)NC(CN)c1ccccc1Cl. The molecule has 0 spiro atoms. The van der Waals surface area contributed by atoms with Crippen LogP contribution in [0, 0.1) is 0 Å². The summed E-state index contributed by atoms with van der Waals surface area (Å²) >= 11 is 5.97. The molecule has 1 aromatic rings. The highest BCUT2D eigenvalue weighted by Crippen LogP contribution is 2.21. The van der Waals surface area contributed by atoms with Crippen molar-refractivity contribution in [3.63, 3.8) is 0 Å². The summed E-state index contributed by atoms with van der Waals surface area (Å²) in [5.41, 5.74) is 6.40. The van der Waals surface area contributed by atoms with Crippen LogP contribution in [0.1, 0.15) is 18.5 Å². The fraction of sp³-hybridized carbons (Fsp3) is 0.300. The van der Waals surface area contributed by atoms with Crippen LogP contribution < -0.4 is 11.1 Å². The molecule has 0 aromatic heterocycles. The highest BCUT2D eigenvalue weighted by atomic mass is 35.5. The number of carbonyl (C=O) groups excluding carboxylic acids is 1. The second-order valence-corrected chi connectivity index (χ2v) is 3.42. The Morgan fingerprint density at radius 3 is 2.71 bits per heavy atom. The first kappa shape index (κ1) is 11.0. The third kappa shape index (κ3) is 2.72. The topological polar surface area (TPSA) is 55.1 Å². The summed E-state index contributed by atoms with van der Waals surface area (Å²) in [5.74, 6) is -0.111. The minimum absolute atomic E-state index is 0.111. The lowest BCUT2D eigenvalue weighted by Gasteiger charge is -2.17. The Bertz CT molecular complexity index is 328. The molecule has 76 valence electrons. The molecule has 1 rings (SSSR count). The Hall–Kier alpha value is -1.06. The fourth-order valence-corrected chi connectivity index (χ4v) is 1.53. The summed E-state index contributed by atoms with van der Waals surface area (Å²) in [7, 11) is 0. The minimum atomic E-state index is -0.207. The maximum atomic E-state index is 10.9. The molecule has 0 bridgehead atoms. The third-order valence-electron chi connectivity index (χ3n) is 1.89. The van der Waals surface area contributed by atoms with Gasteiger partial charge in [-0.25, -0.2) is 0 Å². The average Bonchev–Trinajstić information content (AvgIpc) is 2.15. The molecule has 1 amide bonds. The van der Waals surface area contributed by atoms with Crippen molar-refractivity contribution in [1.29, 1.82) is 0 Å². The molecule has 3 N–H and O–H groups in total. The van der Waals surface area contributed by atoms with E-state index in [9.17, 15) is 4.79 Å². The van der Waals surface area contributed by atoms with Crippen molar-refractivity contribution in [3.05, 3.63) is 34.9 Å². The van der Waals surface area contributed by atoms with Gasteiger partial charge in [-0.1, -0.05) is 29.8 Å². The number of amides is 1. The van der Waals surface area contributed by atoms with Gasteiger partial charge in [0.2, 0.25) is 5.91 Å². The van der Waals surface area contributed by atoms with Crippen molar-refractivity contribution in [1.82, 2.24) is 5.32 Å². The van der Waals surface area contributed by atoms with Crippen molar-refractivity contribution in [3.8, 4) is 0 Å². The molecule has 0 aliphatic carbocycles. The van der Waals surface area contributed by atoms with Crippen LogP contribution >= 0.6 is 11.6 Å². The van der Waals surface area contributed by atoms with Crippen LogP contribution in [0.2, 0.25) is 5.02 Å². The third-order valence-corrected chi connectivity index (χ3v) is 2.24. The summed E-state index contributed by atoms with van der Waals surface area (Å²) in [6, 6.07) is 7.14. The number of carbonyl (C=O) groups is 1. The maximum absolute atomic E-state index is 10.9. The summed E-state index contributed by atoms with van der Waals surface area (Å²) in [6.07, 6.45) is 0. The van der Waals surface area contributed by atoms with Gasteiger partial charge in [0.25, 0.3) is 0 Å². The number of nitrogens with two attached hydrogens (primary N) is 1. The van der Waals surface area contributed by atoms with Crippen LogP contribution in [0.15, 0.2) is 24.3 Å². The second-order valence-electron chi connectivity index (χ2n) is 3.01. The van der Waals surface area contributed by atoms with Crippen LogP contribution in [-0.4, -0.2) is 12.5 Å². The van der Waals surface area contributed by atoms with Gasteiger partial charge in [0.1, 0.15) is 0 Å². The normalized spacial score (nSPS) is 12.2. The van der Waals surface area contributed by atoms with E-state index in [4.69, 9.17) is 17.3 Å². The Morgan fingerprint density at radius 2 is 2.21 bits per heavy atom. The minimum Gasteiger partial charge on any atom is -0.348 e. The molecule has 1 aromatic carbocycles. The molecule has 0 heterocycles. The Morgan fingerprint density at radius 1 is 1.57 bits per heavy atom. The molecule has 3 nitrogen and oxygen atoms in total. The molecular formula is C10H13ClN2O. The van der Waals surface area contributed by atoms with Crippen molar-refractivity contribution >= 4 is 17.5 Å². The van der Waals surface area contributed by atoms with Crippen LogP contribution in [-0.2, 0) is 4.79 Å². The lowest BCUT2D eigenvalue weighted by molar-refractivity contribution is -0.119. The van der Waals surface area contributed by atoms with Gasteiger partial charge in [-0.2, -0.15) is 0 Å². The molecule has 0 aliphatic heterocycles. The summed E-state index contributed by atoms with van der Waals surface area (Å²) in [6.45, 7) is 1.79. The van der Waals surface area contributed by atoms with E-state index in [1.807, 2.05) is 18.2 Å². The van der Waals surface area contributed by atoms with E-state index in [0.717, 1.165) is 5.56 Å². The first-order chi connectivity index (χ1) is 6.65. The zero-order valence-corrected chi connectivity index (χ0v) is 8.71. The number of benzene rings is 1. The van der Waals surface area contributed by atoms with Crippen molar-refractivity contribution in [2.24, 2.45) is 5.73 Å². The molecular weight excluding hydrogens is 200 g/mol. The Labute approximate surface area is 88.2 Å². The Balaban J connectivity index is 2.89. The molecule has 0 aliphatic rings. The molecule has 14 heavy (non-hydrogen) atoms. The van der Waals surface area contributed by atoms with Gasteiger partial charge in [0.05, 0.1) is 6.04 Å². The number of nitrogens with one attached hydrogen (secondary N) is 1. The standard InChI is InChI=1S/C10H13ClN2O/c1-7(14)13-10(6-12)8-4-2-3-5-9(8)11/h2-5,10H,6,12H2,1H3,(H,13,14). The van der Waals surface area contributed by atoms with Crippen LogP contribution in [0.4, 0.5) is 0 Å². The van der Waals surface area contributed by atoms with Crippen LogP contribution in [0.5, 0.6) is 0 Å².